The van der Waals surface area contributed by atoms with Crippen LogP contribution in [0.3, 0.4) is 0 Å². The van der Waals surface area contributed by atoms with Gasteiger partial charge in [0.1, 0.15) is 11.0 Å². The van der Waals surface area contributed by atoms with Gasteiger partial charge in [0.15, 0.2) is 0 Å². The van der Waals surface area contributed by atoms with E-state index < -0.39 is 5.41 Å². The zero-order valence-corrected chi connectivity index (χ0v) is 21.5. The number of nitrogens with one attached hydrogen (secondary N) is 1. The van der Waals surface area contributed by atoms with E-state index in [4.69, 9.17) is 0 Å². The smallest absolute Gasteiger partial charge is 0.241 e. The number of nitriles is 1. The van der Waals surface area contributed by atoms with Gasteiger partial charge >= 0.3 is 0 Å². The number of nitrogens with zero attached hydrogens (tertiary/aromatic N) is 3. The van der Waals surface area contributed by atoms with E-state index in [0.29, 0.717) is 6.67 Å². The normalized spacial score (nSPS) is 17.9. The molecule has 2 aromatic rings. The van der Waals surface area contributed by atoms with E-state index in [1.54, 1.807) is 0 Å². The van der Waals surface area contributed by atoms with E-state index in [9.17, 15) is 10.1 Å². The maximum Gasteiger partial charge on any atom is 0.241 e. The number of piperidine rings is 1. The summed E-state index contributed by atoms with van der Waals surface area (Å²) in [6.07, 6.45) is 4.72. The second-order valence-electron chi connectivity index (χ2n) is 9.15. The highest BCUT2D eigenvalue weighted by Crippen LogP contribution is 2.37. The van der Waals surface area contributed by atoms with Crippen LogP contribution in [0.2, 0.25) is 0 Å². The molecule has 7 heteroatoms. The van der Waals surface area contributed by atoms with Crippen LogP contribution < -0.4 is 5.32 Å². The maximum absolute atomic E-state index is 12.8. The topological polar surface area (TPSA) is 59.4 Å². The third-order valence-electron chi connectivity index (χ3n) is 7.45. The molecule has 0 aromatic heterocycles. The van der Waals surface area contributed by atoms with E-state index >= 15 is 0 Å². The summed E-state index contributed by atoms with van der Waals surface area (Å²) >= 11 is 0. The number of hydrogen-bond acceptors (Lipinski definition) is 4. The average Bonchev–Trinajstić information content (AvgIpc) is 3.15. The van der Waals surface area contributed by atoms with Gasteiger partial charge in [0.2, 0.25) is 5.91 Å². The zero-order chi connectivity index (χ0) is 22.4. The van der Waals surface area contributed by atoms with Crippen LogP contribution in [0.25, 0.3) is 0 Å². The highest BCUT2D eigenvalue weighted by Gasteiger charge is 2.49. The lowest BCUT2D eigenvalue weighted by Gasteiger charge is -2.43. The Morgan fingerprint density at radius 1 is 0.971 bits per heavy atom. The van der Waals surface area contributed by atoms with Gasteiger partial charge in [-0.3, -0.25) is 9.69 Å². The van der Waals surface area contributed by atoms with Crippen LogP contribution in [-0.2, 0) is 10.2 Å². The van der Waals surface area contributed by atoms with Gasteiger partial charge in [0.25, 0.3) is 0 Å². The maximum atomic E-state index is 12.8. The molecule has 0 bridgehead atoms. The fraction of sp³-hybridized carbons (Fsp3) is 0.481. The van der Waals surface area contributed by atoms with Crippen molar-refractivity contribution in [3.05, 3.63) is 71.8 Å². The van der Waals surface area contributed by atoms with Crippen LogP contribution in [-0.4, -0.2) is 54.1 Å². The van der Waals surface area contributed by atoms with Crippen molar-refractivity contribution in [3.8, 4) is 6.07 Å². The van der Waals surface area contributed by atoms with E-state index in [1.165, 1.54) is 0 Å². The molecule has 184 valence electrons. The van der Waals surface area contributed by atoms with Crippen molar-refractivity contribution < 1.29 is 4.79 Å². The average molecular weight is 504 g/mol. The van der Waals surface area contributed by atoms with Crippen LogP contribution in [0.5, 0.6) is 0 Å². The summed E-state index contributed by atoms with van der Waals surface area (Å²) in [7, 11) is 0. The van der Waals surface area contributed by atoms with E-state index in [0.717, 1.165) is 69.4 Å². The van der Waals surface area contributed by atoms with Crippen LogP contribution >= 0.6 is 24.8 Å². The van der Waals surface area contributed by atoms with Gasteiger partial charge in [0, 0.05) is 26.2 Å². The lowest BCUT2D eigenvalue weighted by Crippen LogP contribution is -2.56. The first-order chi connectivity index (χ1) is 15.6. The summed E-state index contributed by atoms with van der Waals surface area (Å²) in [5.74, 6) is 0.202. The quantitative estimate of drug-likeness (QED) is 0.565. The first-order valence-electron chi connectivity index (χ1n) is 11.9. The van der Waals surface area contributed by atoms with Crippen molar-refractivity contribution >= 4 is 30.7 Å². The Bertz CT molecular complexity index is 901. The number of amides is 1. The molecule has 5 nitrogen and oxygen atoms in total. The molecular weight excluding hydrogens is 467 g/mol. The van der Waals surface area contributed by atoms with Crippen molar-refractivity contribution in [1.82, 2.24) is 15.1 Å². The number of hydrogen-bond donors (Lipinski definition) is 1. The van der Waals surface area contributed by atoms with Crippen molar-refractivity contribution in [3.63, 3.8) is 0 Å². The molecule has 1 spiro atoms. The molecule has 34 heavy (non-hydrogen) atoms. The van der Waals surface area contributed by atoms with Crippen LogP contribution in [0, 0.1) is 11.3 Å². The number of likely N-dealkylation sites (tertiary alicyclic amines) is 1. The zero-order valence-electron chi connectivity index (χ0n) is 19.9. The second-order valence-corrected chi connectivity index (χ2v) is 9.15. The Hall–Kier alpha value is -2.10. The van der Waals surface area contributed by atoms with Gasteiger partial charge in [-0.2, -0.15) is 5.26 Å². The lowest BCUT2D eigenvalue weighted by molar-refractivity contribution is -0.129. The van der Waals surface area contributed by atoms with Gasteiger partial charge < -0.3 is 10.2 Å². The number of benzene rings is 2. The molecular formula is C27H36Cl2N4O. The fourth-order valence-electron chi connectivity index (χ4n) is 5.37. The SMILES string of the molecule is CCCCN1CNC(=O)C12CCN(CCC(C#N)(c1ccccc1)c1ccccc1)CC2.Cl.Cl. The first kappa shape index (κ1) is 28.1. The van der Waals surface area contributed by atoms with Crippen LogP contribution in [0.15, 0.2) is 60.7 Å². The minimum Gasteiger partial charge on any atom is -0.342 e. The third kappa shape index (κ3) is 5.42. The Balaban J connectivity index is 0.00000204. The highest BCUT2D eigenvalue weighted by molar-refractivity contribution is 5.88. The molecule has 0 atom stereocenters. The molecule has 1 amide bonds. The molecule has 2 aliphatic heterocycles. The molecule has 4 rings (SSSR count). The Morgan fingerprint density at radius 3 is 2.03 bits per heavy atom. The Morgan fingerprint density at radius 2 is 1.53 bits per heavy atom. The van der Waals surface area contributed by atoms with Crippen molar-refractivity contribution in [1.29, 1.82) is 5.26 Å². The molecule has 2 heterocycles. The fourth-order valence-corrected chi connectivity index (χ4v) is 5.37. The number of carbonyl (C=O) groups is 1. The van der Waals surface area contributed by atoms with Crippen molar-refractivity contribution in [2.45, 2.75) is 50.0 Å². The molecule has 0 radical (unpaired) electrons. The van der Waals surface area contributed by atoms with E-state index in [-0.39, 0.29) is 36.3 Å². The van der Waals surface area contributed by atoms with Gasteiger partial charge in [-0.1, -0.05) is 74.0 Å². The largest absolute Gasteiger partial charge is 0.342 e. The van der Waals surface area contributed by atoms with E-state index in [1.807, 2.05) is 36.4 Å². The molecule has 2 fully saturated rings. The molecule has 2 aliphatic rings. The summed E-state index contributed by atoms with van der Waals surface area (Å²) in [4.78, 5) is 17.6. The summed E-state index contributed by atoms with van der Waals surface area (Å²) in [5, 5.41) is 13.5. The first-order valence-corrected chi connectivity index (χ1v) is 11.9. The number of rotatable bonds is 8. The molecule has 0 aliphatic carbocycles. The lowest BCUT2D eigenvalue weighted by atomic mass is 9.73. The van der Waals surface area contributed by atoms with Crippen molar-refractivity contribution in [2.75, 3.05) is 32.8 Å². The standard InChI is InChI=1S/C27H34N4O.2ClH/c1-2-3-17-31-22-29-25(32)27(31)15-19-30(20-16-27)18-14-26(21-28,23-10-6-4-7-11-23)24-12-8-5-9-13-24;;/h4-13H,2-3,14-20,22H2,1H3,(H,29,32);2*1H. The number of carbonyl (C=O) groups excluding carboxylic acids is 1. The minimum absolute atomic E-state index is 0. The second kappa shape index (κ2) is 12.6. The van der Waals surface area contributed by atoms with Crippen molar-refractivity contribution in [2.24, 2.45) is 0 Å². The predicted molar refractivity (Wildman–Crippen MR) is 141 cm³/mol. The summed E-state index contributed by atoms with van der Waals surface area (Å²) in [5.41, 5.74) is 1.08. The number of halogens is 2. The van der Waals surface area contributed by atoms with Crippen LogP contribution in [0.1, 0.15) is 50.2 Å². The molecule has 1 N–H and O–H groups in total. The van der Waals surface area contributed by atoms with Gasteiger partial charge in [0.05, 0.1) is 12.7 Å². The monoisotopic (exact) mass is 502 g/mol. The van der Waals surface area contributed by atoms with Gasteiger partial charge in [-0.05, 0) is 36.8 Å². The number of unbranched alkanes of at least 4 members (excludes halogenated alkanes) is 1. The Labute approximate surface area is 216 Å². The van der Waals surface area contributed by atoms with Gasteiger partial charge in [-0.15, -0.1) is 24.8 Å². The highest BCUT2D eigenvalue weighted by atomic mass is 35.5. The summed E-state index contributed by atoms with van der Waals surface area (Å²) in [6, 6.07) is 23.0. The summed E-state index contributed by atoms with van der Waals surface area (Å²) < 4.78 is 0. The van der Waals surface area contributed by atoms with E-state index in [2.05, 4.69) is 52.4 Å². The summed E-state index contributed by atoms with van der Waals surface area (Å²) in [6.45, 7) is 6.47. The predicted octanol–water partition coefficient (Wildman–Crippen LogP) is 4.75. The molecule has 0 unspecified atom stereocenters. The van der Waals surface area contributed by atoms with Crippen LogP contribution in [0.4, 0.5) is 0 Å². The third-order valence-corrected chi connectivity index (χ3v) is 7.45. The Kier molecular flexibility index (Phi) is 10.4. The minimum atomic E-state index is -0.671. The molecule has 2 aromatic carbocycles. The molecule has 2 saturated heterocycles. The van der Waals surface area contributed by atoms with Gasteiger partial charge in [-0.25, -0.2) is 0 Å². The molecule has 0 saturated carbocycles.